The molecule has 1 aromatic rings. The molecule has 0 fully saturated rings. The second kappa shape index (κ2) is 2.05. The first-order chi connectivity index (χ1) is 4.86. The molecule has 2 heterocycles. The number of fused-ring (bicyclic) bond motifs is 1. The Morgan fingerprint density at radius 2 is 2.40 bits per heavy atom. The molecule has 0 atom stereocenters. The van der Waals surface area contributed by atoms with E-state index in [0.29, 0.717) is 0 Å². The Hall–Kier alpha value is -0.900. The Balaban J connectivity index is 2.30. The van der Waals surface area contributed by atoms with Gasteiger partial charge in [-0.25, -0.2) is 0 Å². The van der Waals surface area contributed by atoms with E-state index in [1.165, 1.54) is 0 Å². The van der Waals surface area contributed by atoms with Crippen LogP contribution in [0.25, 0.3) is 0 Å². The largest absolute Gasteiger partial charge is 0.451 e. The maximum atomic E-state index is 3.94. The lowest BCUT2D eigenvalue weighted by Crippen LogP contribution is -2.28. The van der Waals surface area contributed by atoms with Crippen molar-refractivity contribution in [2.45, 2.75) is 13.1 Å². The lowest BCUT2D eigenvalue weighted by molar-refractivity contribution is 0.292. The quantitative estimate of drug-likeness (QED) is 0.468. The molecule has 0 aliphatic carbocycles. The first-order valence-electron chi connectivity index (χ1n) is 3.28. The van der Waals surface area contributed by atoms with Crippen LogP contribution < -0.4 is 0 Å². The van der Waals surface area contributed by atoms with Crippen LogP contribution in [0.5, 0.6) is 0 Å². The Morgan fingerprint density at radius 1 is 1.50 bits per heavy atom. The van der Waals surface area contributed by atoms with Crippen LogP contribution in [0.15, 0.2) is 6.33 Å². The Morgan fingerprint density at radius 3 is 3.30 bits per heavy atom. The minimum Gasteiger partial charge on any atom is -0.451 e. The molecule has 0 bridgehead atoms. The number of aromatic nitrogens is 3. The molecule has 2 rings (SSSR count). The smallest absolute Gasteiger partial charge is 0.144 e. The maximum Gasteiger partial charge on any atom is 0.144 e. The molecule has 0 amide bonds. The maximum absolute atomic E-state index is 3.94. The van der Waals surface area contributed by atoms with Crippen molar-refractivity contribution in [3.8, 4) is 0 Å². The van der Waals surface area contributed by atoms with Gasteiger partial charge in [0.15, 0.2) is 0 Å². The monoisotopic (exact) mass is 137 g/mol. The topological polar surface area (TPSA) is 34.0 Å². The van der Waals surface area contributed by atoms with Gasteiger partial charge in [-0.15, -0.1) is 10.2 Å². The second-order valence-corrected chi connectivity index (χ2v) is 2.49. The standard InChI is InChI=1S/C6H9N4/c1-9-2-3-10-5-7-8-6(10)4-9/h5H,1-4H2/q-1. The number of nitrogens with zero attached hydrogens (tertiary/aromatic N) is 4. The fourth-order valence-corrected chi connectivity index (χ4v) is 1.12. The molecule has 0 aromatic carbocycles. The van der Waals surface area contributed by atoms with E-state index < -0.39 is 0 Å². The molecule has 1 aliphatic rings. The summed E-state index contributed by atoms with van der Waals surface area (Å²) in [6.07, 6.45) is 1.77. The van der Waals surface area contributed by atoms with Gasteiger partial charge in [0, 0.05) is 13.1 Å². The van der Waals surface area contributed by atoms with Crippen LogP contribution in [0.2, 0.25) is 0 Å². The van der Waals surface area contributed by atoms with Crippen LogP contribution in [0, 0.1) is 7.05 Å². The van der Waals surface area contributed by atoms with E-state index in [1.807, 2.05) is 4.90 Å². The van der Waals surface area contributed by atoms with Crippen molar-refractivity contribution in [2.24, 2.45) is 0 Å². The molecule has 0 saturated heterocycles. The minimum atomic E-state index is 0.819. The van der Waals surface area contributed by atoms with Crippen molar-refractivity contribution in [3.05, 3.63) is 19.2 Å². The third kappa shape index (κ3) is 0.806. The molecule has 1 aromatic heterocycles. The van der Waals surface area contributed by atoms with Gasteiger partial charge in [0.25, 0.3) is 0 Å². The summed E-state index contributed by atoms with van der Waals surface area (Å²) in [6, 6.07) is 0. The normalized spacial score (nSPS) is 18.9. The molecule has 4 heteroatoms. The van der Waals surface area contributed by atoms with Gasteiger partial charge in [0.1, 0.15) is 12.2 Å². The van der Waals surface area contributed by atoms with Gasteiger partial charge in [-0.3, -0.25) is 7.05 Å². The highest BCUT2D eigenvalue weighted by atomic mass is 15.3. The van der Waals surface area contributed by atoms with Crippen molar-refractivity contribution in [1.82, 2.24) is 19.7 Å². The van der Waals surface area contributed by atoms with Gasteiger partial charge < -0.3 is 9.47 Å². The summed E-state index contributed by atoms with van der Waals surface area (Å²) in [7, 11) is 3.83. The van der Waals surface area contributed by atoms with E-state index in [0.717, 1.165) is 25.5 Å². The number of rotatable bonds is 0. The summed E-state index contributed by atoms with van der Waals surface area (Å²) < 4.78 is 2.06. The average molecular weight is 137 g/mol. The van der Waals surface area contributed by atoms with Gasteiger partial charge in [0.2, 0.25) is 0 Å². The summed E-state index contributed by atoms with van der Waals surface area (Å²) in [6.45, 7) is 2.77. The highest BCUT2D eigenvalue weighted by molar-refractivity contribution is 4.89. The van der Waals surface area contributed by atoms with E-state index in [4.69, 9.17) is 0 Å². The third-order valence-corrected chi connectivity index (χ3v) is 1.72. The highest BCUT2D eigenvalue weighted by Crippen LogP contribution is 2.06. The fraction of sp³-hybridized carbons (Fsp3) is 0.500. The fourth-order valence-electron chi connectivity index (χ4n) is 1.12. The van der Waals surface area contributed by atoms with E-state index in [-0.39, 0.29) is 0 Å². The average Bonchev–Trinajstić information content (AvgIpc) is 2.33. The zero-order valence-electron chi connectivity index (χ0n) is 5.69. The summed E-state index contributed by atoms with van der Waals surface area (Å²) in [5.41, 5.74) is 0. The third-order valence-electron chi connectivity index (χ3n) is 1.72. The van der Waals surface area contributed by atoms with Crippen molar-refractivity contribution in [2.75, 3.05) is 6.54 Å². The molecule has 10 heavy (non-hydrogen) atoms. The first-order valence-corrected chi connectivity index (χ1v) is 3.28. The van der Waals surface area contributed by atoms with Crippen LogP contribution >= 0.6 is 0 Å². The molecule has 0 unspecified atom stereocenters. The molecule has 54 valence electrons. The molecule has 1 aliphatic heterocycles. The Bertz CT molecular complexity index is 229. The molecule has 4 nitrogen and oxygen atoms in total. The van der Waals surface area contributed by atoms with E-state index in [9.17, 15) is 0 Å². The molecule has 0 spiro atoms. The van der Waals surface area contributed by atoms with Gasteiger partial charge in [-0.1, -0.05) is 0 Å². The zero-order chi connectivity index (χ0) is 6.97. The summed E-state index contributed by atoms with van der Waals surface area (Å²) >= 11 is 0. The van der Waals surface area contributed by atoms with Crippen LogP contribution in [0.4, 0.5) is 0 Å². The van der Waals surface area contributed by atoms with Crippen molar-refractivity contribution < 1.29 is 0 Å². The van der Waals surface area contributed by atoms with Crippen molar-refractivity contribution >= 4 is 0 Å². The zero-order valence-corrected chi connectivity index (χ0v) is 5.69. The highest BCUT2D eigenvalue weighted by Gasteiger charge is 2.09. The van der Waals surface area contributed by atoms with E-state index in [1.54, 1.807) is 6.33 Å². The Labute approximate surface area is 59.5 Å². The number of hydrogen-bond donors (Lipinski definition) is 0. The van der Waals surface area contributed by atoms with Crippen LogP contribution in [-0.2, 0) is 13.1 Å². The lowest BCUT2D eigenvalue weighted by atomic mass is 10.4. The molecular formula is C6H9N4-. The minimum absolute atomic E-state index is 0.819. The van der Waals surface area contributed by atoms with Gasteiger partial charge in [-0.2, -0.15) is 0 Å². The first kappa shape index (κ1) is 5.85. The second-order valence-electron chi connectivity index (χ2n) is 2.49. The summed E-state index contributed by atoms with van der Waals surface area (Å²) in [4.78, 5) is 1.99. The van der Waals surface area contributed by atoms with Crippen molar-refractivity contribution in [3.63, 3.8) is 0 Å². The molecule has 0 radical (unpaired) electrons. The van der Waals surface area contributed by atoms with E-state index in [2.05, 4.69) is 21.8 Å². The molecule has 0 N–H and O–H groups in total. The molecular weight excluding hydrogens is 128 g/mol. The van der Waals surface area contributed by atoms with Gasteiger partial charge in [-0.05, 0) is 6.54 Å². The summed E-state index contributed by atoms with van der Waals surface area (Å²) in [5.74, 6) is 1.02. The predicted molar refractivity (Wildman–Crippen MR) is 35.8 cm³/mol. The lowest BCUT2D eigenvalue weighted by Gasteiger charge is -2.29. The van der Waals surface area contributed by atoms with Crippen LogP contribution in [0.1, 0.15) is 5.82 Å². The summed E-state index contributed by atoms with van der Waals surface area (Å²) in [5, 5.41) is 7.74. The predicted octanol–water partition coefficient (Wildman–Crippen LogP) is -0.115. The van der Waals surface area contributed by atoms with Crippen molar-refractivity contribution in [1.29, 1.82) is 0 Å². The molecule has 0 saturated carbocycles. The Kier molecular flexibility index (Phi) is 1.20. The van der Waals surface area contributed by atoms with Gasteiger partial charge in [0.05, 0.1) is 0 Å². The van der Waals surface area contributed by atoms with Crippen LogP contribution in [0.3, 0.4) is 0 Å². The van der Waals surface area contributed by atoms with Crippen LogP contribution in [-0.4, -0.2) is 26.2 Å². The number of hydrogen-bond acceptors (Lipinski definition) is 3. The van der Waals surface area contributed by atoms with Gasteiger partial charge >= 0.3 is 0 Å². The SMILES string of the molecule is [CH2-]N1CCn2cnnc2C1. The van der Waals surface area contributed by atoms with E-state index >= 15 is 0 Å².